The van der Waals surface area contributed by atoms with Crippen LogP contribution in [0, 0.1) is 10.1 Å². The van der Waals surface area contributed by atoms with Gasteiger partial charge in [0.2, 0.25) is 5.82 Å². The van der Waals surface area contributed by atoms with E-state index in [2.05, 4.69) is 15.0 Å². The number of rotatable bonds is 6. The van der Waals surface area contributed by atoms with E-state index in [4.69, 9.17) is 4.74 Å². The fourth-order valence-corrected chi connectivity index (χ4v) is 2.80. The summed E-state index contributed by atoms with van der Waals surface area (Å²) in [5, 5.41) is 16.3. The summed E-state index contributed by atoms with van der Waals surface area (Å²) in [4.78, 5) is 30.6. The predicted molar refractivity (Wildman–Crippen MR) is 88.4 cm³/mol. The predicted octanol–water partition coefficient (Wildman–Crippen LogP) is -0.268. The molecule has 3 rings (SSSR count). The maximum Gasteiger partial charge on any atom is 0.342 e. The van der Waals surface area contributed by atoms with Crippen molar-refractivity contribution in [1.82, 2.24) is 24.4 Å². The summed E-state index contributed by atoms with van der Waals surface area (Å²) < 4.78 is 6.63. The van der Waals surface area contributed by atoms with Crippen molar-refractivity contribution in [2.75, 3.05) is 52.5 Å². The van der Waals surface area contributed by atoms with Crippen LogP contribution in [-0.2, 0) is 11.8 Å². The minimum atomic E-state index is -0.515. The van der Waals surface area contributed by atoms with Crippen molar-refractivity contribution in [2.45, 2.75) is 0 Å². The molecule has 1 aromatic heterocycles. The molecule has 25 heavy (non-hydrogen) atoms. The molecule has 0 spiro atoms. The molecule has 11 heteroatoms. The zero-order chi connectivity index (χ0) is 17.8. The third-order valence-electron chi connectivity index (χ3n) is 4.36. The monoisotopic (exact) mass is 351 g/mol. The zero-order valence-electron chi connectivity index (χ0n) is 14.1. The number of imidazole rings is 1. The normalized spacial score (nSPS) is 19.3. The summed E-state index contributed by atoms with van der Waals surface area (Å²) >= 11 is 0. The Balaban J connectivity index is 1.54. The first-order valence-corrected chi connectivity index (χ1v) is 8.13. The molecule has 11 nitrogen and oxygen atoms in total. The molecule has 0 N–H and O–H groups in total. The van der Waals surface area contributed by atoms with E-state index in [0.29, 0.717) is 25.5 Å². The minimum absolute atomic E-state index is 0.124. The molecule has 2 fully saturated rings. The van der Waals surface area contributed by atoms with Crippen molar-refractivity contribution < 1.29 is 14.5 Å². The number of hydrogen-bond donors (Lipinski definition) is 0. The van der Waals surface area contributed by atoms with Crippen molar-refractivity contribution in [3.63, 3.8) is 0 Å². The number of amides is 2. The Labute approximate surface area is 144 Å². The Morgan fingerprint density at radius 2 is 2.08 bits per heavy atom. The van der Waals surface area contributed by atoms with Gasteiger partial charge in [0.1, 0.15) is 12.4 Å². The Kier molecular flexibility index (Phi) is 5.24. The highest BCUT2D eigenvalue weighted by Gasteiger charge is 2.28. The summed E-state index contributed by atoms with van der Waals surface area (Å²) in [6, 6.07) is -0.159. The van der Waals surface area contributed by atoms with Gasteiger partial charge in [-0.25, -0.2) is 19.4 Å². The second-order valence-corrected chi connectivity index (χ2v) is 5.88. The summed E-state index contributed by atoms with van der Waals surface area (Å²) in [5.74, 6) is 0.201. The Hall–Kier alpha value is -2.53. The van der Waals surface area contributed by atoms with E-state index >= 15 is 0 Å². The van der Waals surface area contributed by atoms with Crippen LogP contribution in [0.4, 0.5) is 10.6 Å². The minimum Gasteiger partial charge on any atom is -0.379 e. The molecule has 0 bridgehead atoms. The number of carbonyl (C=O) groups excluding carboxylic acids is 1. The van der Waals surface area contributed by atoms with Crippen LogP contribution in [0.25, 0.3) is 0 Å². The summed E-state index contributed by atoms with van der Waals surface area (Å²) in [6.07, 6.45) is 2.54. The van der Waals surface area contributed by atoms with Gasteiger partial charge in [-0.15, -0.1) is 0 Å². The largest absolute Gasteiger partial charge is 0.379 e. The van der Waals surface area contributed by atoms with Gasteiger partial charge in [-0.05, 0) is 4.92 Å². The van der Waals surface area contributed by atoms with E-state index in [0.717, 1.165) is 32.8 Å². The molecule has 136 valence electrons. The molecule has 1 aromatic rings. The SMILES string of the molecule is Cn1c([N+](=O)[O-])cnc1C=NN1CCN(CCN2CCOCC2)C1=O. The van der Waals surface area contributed by atoms with Crippen molar-refractivity contribution in [1.29, 1.82) is 0 Å². The molecule has 0 unspecified atom stereocenters. The summed E-state index contributed by atoms with van der Waals surface area (Å²) in [5.41, 5.74) is 0. The van der Waals surface area contributed by atoms with Crippen molar-refractivity contribution in [2.24, 2.45) is 12.1 Å². The van der Waals surface area contributed by atoms with Crippen LogP contribution in [-0.4, -0.2) is 94.0 Å². The van der Waals surface area contributed by atoms with Crippen molar-refractivity contribution >= 4 is 18.1 Å². The molecule has 0 aromatic carbocycles. The third-order valence-corrected chi connectivity index (χ3v) is 4.36. The van der Waals surface area contributed by atoms with Crippen LogP contribution in [0.2, 0.25) is 0 Å². The standard InChI is InChI=1S/C14H21N7O4/c1-17-12(15-11-13(17)21(23)24)10-16-20-5-4-19(14(20)22)3-2-18-6-8-25-9-7-18/h10-11H,2-9H2,1H3. The van der Waals surface area contributed by atoms with Crippen LogP contribution in [0.3, 0.4) is 0 Å². The molecule has 3 heterocycles. The highest BCUT2D eigenvalue weighted by atomic mass is 16.6. The van der Waals surface area contributed by atoms with Gasteiger partial charge in [0.25, 0.3) is 0 Å². The third kappa shape index (κ3) is 3.94. The molecule has 2 aliphatic heterocycles. The number of morpholine rings is 1. The smallest absolute Gasteiger partial charge is 0.342 e. The van der Waals surface area contributed by atoms with Crippen molar-refractivity contribution in [3.05, 3.63) is 22.1 Å². The molecular weight excluding hydrogens is 330 g/mol. The number of carbonyl (C=O) groups is 1. The first-order chi connectivity index (χ1) is 12.1. The zero-order valence-corrected chi connectivity index (χ0v) is 14.1. The van der Waals surface area contributed by atoms with E-state index in [1.165, 1.54) is 29.0 Å². The lowest BCUT2D eigenvalue weighted by Gasteiger charge is -2.28. The van der Waals surface area contributed by atoms with Crippen molar-refractivity contribution in [3.8, 4) is 0 Å². The Morgan fingerprint density at radius 1 is 1.32 bits per heavy atom. The van der Waals surface area contributed by atoms with Crippen LogP contribution in [0.15, 0.2) is 11.3 Å². The maximum absolute atomic E-state index is 12.4. The van der Waals surface area contributed by atoms with Gasteiger partial charge < -0.3 is 19.8 Å². The molecule has 2 amide bonds. The van der Waals surface area contributed by atoms with E-state index in [1.807, 2.05) is 0 Å². The van der Waals surface area contributed by atoms with E-state index < -0.39 is 4.92 Å². The molecule has 0 saturated carbocycles. The lowest BCUT2D eigenvalue weighted by Crippen LogP contribution is -2.42. The summed E-state index contributed by atoms with van der Waals surface area (Å²) in [6.45, 7) is 5.83. The molecular formula is C14H21N7O4. The quantitative estimate of drug-likeness (QED) is 0.396. The first kappa shape index (κ1) is 17.3. The summed E-state index contributed by atoms with van der Waals surface area (Å²) in [7, 11) is 1.53. The molecule has 2 aliphatic rings. The van der Waals surface area contributed by atoms with Crippen LogP contribution >= 0.6 is 0 Å². The first-order valence-electron chi connectivity index (χ1n) is 8.13. The molecule has 0 radical (unpaired) electrons. The molecule has 0 atom stereocenters. The second kappa shape index (κ2) is 7.57. The van der Waals surface area contributed by atoms with E-state index in [1.54, 1.807) is 4.90 Å². The van der Waals surface area contributed by atoms with Gasteiger partial charge in [0.15, 0.2) is 0 Å². The van der Waals surface area contributed by atoms with Gasteiger partial charge in [0.05, 0.1) is 26.8 Å². The van der Waals surface area contributed by atoms with Gasteiger partial charge in [-0.3, -0.25) is 4.90 Å². The van der Waals surface area contributed by atoms with Crippen LogP contribution < -0.4 is 0 Å². The number of nitrogens with zero attached hydrogens (tertiary/aromatic N) is 7. The highest BCUT2D eigenvalue weighted by molar-refractivity contribution is 5.80. The van der Waals surface area contributed by atoms with E-state index in [9.17, 15) is 14.9 Å². The Bertz CT molecular complexity index is 668. The number of nitro groups is 1. The van der Waals surface area contributed by atoms with Gasteiger partial charge in [-0.1, -0.05) is 0 Å². The number of urea groups is 1. The lowest BCUT2D eigenvalue weighted by atomic mass is 10.4. The maximum atomic E-state index is 12.4. The Morgan fingerprint density at radius 3 is 2.76 bits per heavy atom. The molecule has 0 aliphatic carbocycles. The number of aromatic nitrogens is 2. The second-order valence-electron chi connectivity index (χ2n) is 5.88. The number of ether oxygens (including phenoxy) is 1. The van der Waals surface area contributed by atoms with E-state index in [-0.39, 0.29) is 11.8 Å². The fourth-order valence-electron chi connectivity index (χ4n) is 2.80. The van der Waals surface area contributed by atoms with Gasteiger partial charge in [-0.2, -0.15) is 5.10 Å². The van der Waals surface area contributed by atoms with Crippen LogP contribution in [0.1, 0.15) is 5.82 Å². The topological polar surface area (TPSA) is 109 Å². The highest BCUT2D eigenvalue weighted by Crippen LogP contribution is 2.12. The number of hydrazone groups is 1. The van der Waals surface area contributed by atoms with Gasteiger partial charge in [0, 0.05) is 32.7 Å². The fraction of sp³-hybridized carbons (Fsp3) is 0.643. The average molecular weight is 351 g/mol. The van der Waals surface area contributed by atoms with Gasteiger partial charge >= 0.3 is 11.8 Å². The molecule has 2 saturated heterocycles. The average Bonchev–Trinajstić information content (AvgIpc) is 3.15. The number of hydrogen-bond acceptors (Lipinski definition) is 7. The lowest BCUT2D eigenvalue weighted by molar-refractivity contribution is -0.391. The van der Waals surface area contributed by atoms with Crippen LogP contribution in [0.5, 0.6) is 0 Å².